The fourth-order valence-electron chi connectivity index (χ4n) is 1.25. The van der Waals surface area contributed by atoms with Gasteiger partial charge in [0.15, 0.2) is 16.6 Å². The number of hydrogen-bond acceptors (Lipinski definition) is 4. The first-order chi connectivity index (χ1) is 12.0. The van der Waals surface area contributed by atoms with Crippen LogP contribution in [0, 0.1) is 10.8 Å². The van der Waals surface area contributed by atoms with Crippen LogP contribution in [0.2, 0.25) is 36.3 Å². The lowest BCUT2D eigenvalue weighted by atomic mass is 9.97. The van der Waals surface area contributed by atoms with Gasteiger partial charge in [0, 0.05) is 24.0 Å². The van der Waals surface area contributed by atoms with Crippen molar-refractivity contribution in [2.75, 3.05) is 19.8 Å². The van der Waals surface area contributed by atoms with Crippen molar-refractivity contribution in [3.63, 3.8) is 0 Å². The van der Waals surface area contributed by atoms with Crippen LogP contribution in [-0.2, 0) is 13.6 Å². The van der Waals surface area contributed by atoms with Crippen molar-refractivity contribution in [1.82, 2.24) is 0 Å². The Bertz CT molecular complexity index is 470. The smallest absolute Gasteiger partial charge is 0.192 e. The molecule has 0 saturated carbocycles. The fourth-order valence-corrected chi connectivity index (χ4v) is 3.61. The van der Waals surface area contributed by atoms with Gasteiger partial charge in [-0.25, -0.2) is 0 Å². The summed E-state index contributed by atoms with van der Waals surface area (Å²) in [7, 11) is -3.33. The van der Waals surface area contributed by atoms with E-state index in [1.165, 1.54) is 0 Å². The highest BCUT2D eigenvalue weighted by Gasteiger charge is 2.39. The molecule has 0 radical (unpaired) electrons. The fraction of sp³-hybridized carbons (Fsp3) is 0.955. The highest BCUT2D eigenvalue weighted by atomic mass is 28.4. The lowest BCUT2D eigenvalue weighted by Crippen LogP contribution is -2.43. The molecular weight excluding hydrogens is 384 g/mol. The normalized spacial score (nSPS) is 14.4. The Morgan fingerprint density at radius 2 is 1.04 bits per heavy atom. The average Bonchev–Trinajstić information content (AvgIpc) is 2.50. The zero-order valence-corrected chi connectivity index (χ0v) is 23.4. The van der Waals surface area contributed by atoms with E-state index >= 15 is 0 Å². The second kappa shape index (κ2) is 10.3. The monoisotopic (exact) mass is 434 g/mol. The maximum atomic E-state index is 10.7. The molecule has 0 saturated heterocycles. The minimum atomic E-state index is -1.69. The molecule has 0 atom stereocenters. The van der Waals surface area contributed by atoms with Crippen molar-refractivity contribution in [3.8, 4) is 0 Å². The maximum absolute atomic E-state index is 10.7. The molecule has 0 bridgehead atoms. The van der Waals surface area contributed by atoms with Gasteiger partial charge in [-0.05, 0) is 36.3 Å². The standard InChI is InChI=1S/C11H26O2Si.C11H24O2Si/c2*1-10(2,3)14(6,7)13-9-11(4,5)8-12/h12H,8-9H2,1-7H3;8H,9H2,1-7H3. The van der Waals surface area contributed by atoms with Crippen LogP contribution in [0.4, 0.5) is 0 Å². The summed E-state index contributed by atoms with van der Waals surface area (Å²) in [6.45, 7) is 31.4. The van der Waals surface area contributed by atoms with Crippen LogP contribution in [0.15, 0.2) is 0 Å². The van der Waals surface area contributed by atoms with Crippen LogP contribution < -0.4 is 0 Å². The molecule has 0 aromatic heterocycles. The van der Waals surface area contributed by atoms with E-state index in [9.17, 15) is 4.79 Å². The minimum absolute atomic E-state index is 0.116. The zero-order chi connectivity index (χ0) is 23.2. The Morgan fingerprint density at radius 1 is 0.714 bits per heavy atom. The summed E-state index contributed by atoms with van der Waals surface area (Å²) in [6, 6.07) is 0. The average molecular weight is 435 g/mol. The van der Waals surface area contributed by atoms with E-state index in [1.54, 1.807) is 0 Å². The molecule has 0 aliphatic carbocycles. The summed E-state index contributed by atoms with van der Waals surface area (Å²) in [4.78, 5) is 10.7. The van der Waals surface area contributed by atoms with Crippen LogP contribution in [0.3, 0.4) is 0 Å². The van der Waals surface area contributed by atoms with Crippen LogP contribution in [-0.4, -0.2) is 47.8 Å². The van der Waals surface area contributed by atoms with Crippen molar-refractivity contribution in [3.05, 3.63) is 0 Å². The van der Waals surface area contributed by atoms with Gasteiger partial charge < -0.3 is 18.8 Å². The molecule has 0 aromatic carbocycles. The molecular formula is C22H50O4Si2. The molecule has 0 aromatic rings. The van der Waals surface area contributed by atoms with Gasteiger partial charge in [0.1, 0.15) is 6.29 Å². The SMILES string of the molecule is CC(C)(C=O)CO[Si](C)(C)C(C)(C)C.CC(C)(CO)CO[Si](C)(C)C(C)(C)C. The topological polar surface area (TPSA) is 55.8 Å². The predicted octanol–water partition coefficient (Wildman–Crippen LogP) is 6.26. The van der Waals surface area contributed by atoms with Gasteiger partial charge in [-0.3, -0.25) is 0 Å². The molecule has 0 rings (SSSR count). The molecule has 1 N–H and O–H groups in total. The van der Waals surface area contributed by atoms with E-state index in [1.807, 2.05) is 27.7 Å². The molecule has 0 unspecified atom stereocenters. The molecule has 0 spiro atoms. The van der Waals surface area contributed by atoms with Crippen molar-refractivity contribution < 1.29 is 18.8 Å². The van der Waals surface area contributed by atoms with Gasteiger partial charge in [0.25, 0.3) is 0 Å². The number of carbonyl (C=O) groups excluding carboxylic acids is 1. The van der Waals surface area contributed by atoms with Crippen molar-refractivity contribution >= 4 is 22.9 Å². The number of aldehydes is 1. The lowest BCUT2D eigenvalue weighted by molar-refractivity contribution is -0.116. The highest BCUT2D eigenvalue weighted by molar-refractivity contribution is 6.74. The lowest BCUT2D eigenvalue weighted by Gasteiger charge is -2.38. The molecule has 0 fully saturated rings. The van der Waals surface area contributed by atoms with Crippen molar-refractivity contribution in [2.45, 2.75) is 106 Å². The van der Waals surface area contributed by atoms with E-state index in [4.69, 9.17) is 14.0 Å². The van der Waals surface area contributed by atoms with E-state index < -0.39 is 16.6 Å². The summed E-state index contributed by atoms with van der Waals surface area (Å²) in [5.41, 5.74) is -0.467. The first-order valence-electron chi connectivity index (χ1n) is 10.4. The van der Waals surface area contributed by atoms with Gasteiger partial charge in [0.2, 0.25) is 0 Å². The van der Waals surface area contributed by atoms with E-state index in [-0.39, 0.29) is 27.5 Å². The molecule has 6 heteroatoms. The molecule has 0 heterocycles. The second-order valence-electron chi connectivity index (χ2n) is 12.5. The molecule has 4 nitrogen and oxygen atoms in total. The molecule has 0 aliphatic rings. The van der Waals surface area contributed by atoms with Gasteiger partial charge >= 0.3 is 0 Å². The number of aliphatic hydroxyl groups excluding tert-OH is 1. The molecule has 0 amide bonds. The first kappa shape index (κ1) is 30.2. The van der Waals surface area contributed by atoms with Crippen LogP contribution in [0.25, 0.3) is 0 Å². The third-order valence-electron chi connectivity index (χ3n) is 5.99. The third-order valence-corrected chi connectivity index (χ3v) is 14.9. The first-order valence-corrected chi connectivity index (χ1v) is 16.2. The number of hydrogen-bond donors (Lipinski definition) is 1. The van der Waals surface area contributed by atoms with Crippen molar-refractivity contribution in [2.24, 2.45) is 10.8 Å². The number of aliphatic hydroxyl groups is 1. The second-order valence-corrected chi connectivity index (χ2v) is 22.1. The number of carbonyl (C=O) groups is 1. The van der Waals surface area contributed by atoms with Gasteiger partial charge in [-0.2, -0.15) is 0 Å². The van der Waals surface area contributed by atoms with Crippen LogP contribution in [0.5, 0.6) is 0 Å². The Morgan fingerprint density at radius 3 is 1.29 bits per heavy atom. The highest BCUT2D eigenvalue weighted by Crippen LogP contribution is 2.38. The predicted molar refractivity (Wildman–Crippen MR) is 127 cm³/mol. The molecule has 0 aliphatic heterocycles. The summed E-state index contributed by atoms with van der Waals surface area (Å²) in [5, 5.41) is 9.59. The van der Waals surface area contributed by atoms with E-state index in [0.717, 1.165) is 6.29 Å². The number of rotatable bonds is 8. The minimum Gasteiger partial charge on any atom is -0.416 e. The molecule has 170 valence electrons. The Balaban J connectivity index is 0. The largest absolute Gasteiger partial charge is 0.416 e. The summed E-state index contributed by atoms with van der Waals surface area (Å²) in [6.07, 6.45) is 0.972. The quantitative estimate of drug-likeness (QED) is 0.362. The summed E-state index contributed by atoms with van der Waals surface area (Å²) < 4.78 is 12.0. The Labute approximate surface area is 178 Å². The summed E-state index contributed by atoms with van der Waals surface area (Å²) in [5.74, 6) is 0. The van der Waals surface area contributed by atoms with Gasteiger partial charge in [-0.1, -0.05) is 69.2 Å². The Hall–Kier alpha value is -0.0162. The van der Waals surface area contributed by atoms with E-state index in [0.29, 0.717) is 13.2 Å². The summed E-state index contributed by atoms with van der Waals surface area (Å²) >= 11 is 0. The maximum Gasteiger partial charge on any atom is 0.192 e. The van der Waals surface area contributed by atoms with Crippen LogP contribution in [0.1, 0.15) is 69.2 Å². The van der Waals surface area contributed by atoms with E-state index in [2.05, 4.69) is 67.7 Å². The van der Waals surface area contributed by atoms with Crippen molar-refractivity contribution in [1.29, 1.82) is 0 Å². The van der Waals surface area contributed by atoms with Gasteiger partial charge in [0.05, 0.1) is 6.61 Å². The van der Waals surface area contributed by atoms with Gasteiger partial charge in [-0.15, -0.1) is 0 Å². The Kier molecular flexibility index (Phi) is 11.1. The molecule has 28 heavy (non-hydrogen) atoms. The van der Waals surface area contributed by atoms with Crippen LogP contribution >= 0.6 is 0 Å². The third kappa shape index (κ3) is 11.2. The zero-order valence-electron chi connectivity index (χ0n) is 21.4.